The maximum Gasteiger partial charge on any atom is 0.274 e. The highest BCUT2D eigenvalue weighted by Gasteiger charge is 2.35. The van der Waals surface area contributed by atoms with Crippen LogP contribution in [0, 0.1) is 18.8 Å². The second-order valence-corrected chi connectivity index (χ2v) is 9.78. The first-order valence-electron chi connectivity index (χ1n) is 12.1. The van der Waals surface area contributed by atoms with Crippen molar-refractivity contribution in [3.8, 4) is 17.0 Å². The van der Waals surface area contributed by atoms with E-state index in [1.807, 2.05) is 28.7 Å². The number of piperazine rings is 1. The molecule has 4 heterocycles. The van der Waals surface area contributed by atoms with Crippen molar-refractivity contribution in [3.05, 3.63) is 46.1 Å². The molecular weight excluding hydrogens is 430 g/mol. The second kappa shape index (κ2) is 8.91. The first-order valence-corrected chi connectivity index (χ1v) is 12.1. The van der Waals surface area contributed by atoms with E-state index in [0.29, 0.717) is 54.0 Å². The molecule has 1 saturated heterocycles. The number of methoxy groups -OCH3 is 1. The van der Waals surface area contributed by atoms with Crippen LogP contribution in [0.1, 0.15) is 35.8 Å². The van der Waals surface area contributed by atoms with E-state index in [1.54, 1.807) is 19.4 Å². The molecule has 0 radical (unpaired) electrons. The van der Waals surface area contributed by atoms with E-state index in [9.17, 15) is 9.59 Å². The number of aromatic nitrogens is 3. The number of fused-ring (bicyclic) bond motifs is 1. The fourth-order valence-corrected chi connectivity index (χ4v) is 5.12. The number of ether oxygens (including phenoxy) is 1. The molecule has 0 spiro atoms. The SMILES string of the molecule is CCC1CC1Cn1cc(-c2ncc(C(=O)N3CCN(C)CC3)cc2OC)c2cc(C)[nH]c2c1=O. The smallest absolute Gasteiger partial charge is 0.274 e. The molecule has 1 N–H and O–H groups in total. The number of H-pyrrole nitrogens is 1. The predicted molar refractivity (Wildman–Crippen MR) is 132 cm³/mol. The first-order chi connectivity index (χ1) is 16.4. The van der Waals surface area contributed by atoms with E-state index in [0.717, 1.165) is 36.2 Å². The summed E-state index contributed by atoms with van der Waals surface area (Å²) in [6.07, 6.45) is 5.86. The van der Waals surface area contributed by atoms with Gasteiger partial charge in [0, 0.05) is 61.8 Å². The highest BCUT2D eigenvalue weighted by Crippen LogP contribution is 2.42. The molecule has 5 rings (SSSR count). The van der Waals surface area contributed by atoms with Gasteiger partial charge in [0.05, 0.1) is 12.7 Å². The monoisotopic (exact) mass is 463 g/mol. The van der Waals surface area contributed by atoms with Crippen molar-refractivity contribution in [3.63, 3.8) is 0 Å². The number of carbonyl (C=O) groups excluding carboxylic acids is 1. The Morgan fingerprint density at radius 2 is 1.97 bits per heavy atom. The number of hydrogen-bond acceptors (Lipinski definition) is 5. The van der Waals surface area contributed by atoms with Crippen molar-refractivity contribution in [2.45, 2.75) is 33.2 Å². The third-order valence-corrected chi connectivity index (χ3v) is 7.39. The lowest BCUT2D eigenvalue weighted by Crippen LogP contribution is -2.47. The van der Waals surface area contributed by atoms with Gasteiger partial charge in [-0.05, 0) is 44.4 Å². The van der Waals surface area contributed by atoms with Crippen molar-refractivity contribution in [1.82, 2.24) is 24.3 Å². The average Bonchev–Trinajstić information content (AvgIpc) is 3.49. The van der Waals surface area contributed by atoms with Gasteiger partial charge in [-0.1, -0.05) is 13.3 Å². The molecule has 2 fully saturated rings. The number of nitrogens with one attached hydrogen (secondary N) is 1. The quantitative estimate of drug-likeness (QED) is 0.607. The number of pyridine rings is 2. The molecule has 3 aromatic heterocycles. The summed E-state index contributed by atoms with van der Waals surface area (Å²) < 4.78 is 7.53. The molecule has 8 heteroatoms. The van der Waals surface area contributed by atoms with Crippen molar-refractivity contribution >= 4 is 16.8 Å². The third-order valence-electron chi connectivity index (χ3n) is 7.39. The molecule has 3 aromatic rings. The lowest BCUT2D eigenvalue weighted by molar-refractivity contribution is 0.0663. The number of hydrogen-bond donors (Lipinski definition) is 1. The van der Waals surface area contributed by atoms with E-state index >= 15 is 0 Å². The van der Waals surface area contributed by atoms with Crippen molar-refractivity contribution in [2.75, 3.05) is 40.3 Å². The number of amides is 1. The number of aryl methyl sites for hydroxylation is 1. The molecule has 0 bridgehead atoms. The Kier molecular flexibility index (Phi) is 5.93. The molecule has 34 heavy (non-hydrogen) atoms. The Morgan fingerprint density at radius 3 is 2.65 bits per heavy atom. The van der Waals surface area contributed by atoms with E-state index in [1.165, 1.54) is 6.42 Å². The minimum Gasteiger partial charge on any atom is -0.494 e. The summed E-state index contributed by atoms with van der Waals surface area (Å²) in [6, 6.07) is 3.75. The van der Waals surface area contributed by atoms with E-state index in [2.05, 4.69) is 23.9 Å². The van der Waals surface area contributed by atoms with Crippen LogP contribution in [0.4, 0.5) is 0 Å². The Hall–Kier alpha value is -3.13. The van der Waals surface area contributed by atoms with Crippen molar-refractivity contribution in [1.29, 1.82) is 0 Å². The van der Waals surface area contributed by atoms with Crippen LogP contribution in [0.3, 0.4) is 0 Å². The van der Waals surface area contributed by atoms with Gasteiger partial charge < -0.3 is 24.1 Å². The Balaban J connectivity index is 1.54. The molecule has 1 amide bonds. The van der Waals surface area contributed by atoms with Gasteiger partial charge in [0.25, 0.3) is 11.5 Å². The Bertz CT molecular complexity index is 1290. The summed E-state index contributed by atoms with van der Waals surface area (Å²) in [5, 5.41) is 0.825. The molecule has 1 saturated carbocycles. The van der Waals surface area contributed by atoms with Crippen molar-refractivity contribution in [2.24, 2.45) is 11.8 Å². The van der Waals surface area contributed by atoms with Crippen LogP contribution in [0.5, 0.6) is 5.75 Å². The third kappa shape index (κ3) is 4.11. The zero-order valence-corrected chi connectivity index (χ0v) is 20.4. The minimum absolute atomic E-state index is 0.00515. The minimum atomic E-state index is -0.0302. The van der Waals surface area contributed by atoms with Gasteiger partial charge in [-0.15, -0.1) is 0 Å². The fraction of sp³-hybridized carbons (Fsp3) is 0.500. The van der Waals surface area contributed by atoms with Crippen LogP contribution in [-0.2, 0) is 6.54 Å². The lowest BCUT2D eigenvalue weighted by Gasteiger charge is -2.32. The predicted octanol–water partition coefficient (Wildman–Crippen LogP) is 3.14. The zero-order chi connectivity index (χ0) is 24.0. The van der Waals surface area contributed by atoms with Crippen LogP contribution in [-0.4, -0.2) is 70.6 Å². The molecular formula is C26H33N5O3. The van der Waals surface area contributed by atoms with Gasteiger partial charge in [-0.25, -0.2) is 0 Å². The summed E-state index contributed by atoms with van der Waals surface area (Å²) in [5.41, 5.74) is 3.49. The summed E-state index contributed by atoms with van der Waals surface area (Å²) >= 11 is 0. The summed E-state index contributed by atoms with van der Waals surface area (Å²) in [4.78, 5) is 38.3. The Morgan fingerprint density at radius 1 is 1.21 bits per heavy atom. The van der Waals surface area contributed by atoms with Gasteiger partial charge in [0.2, 0.25) is 0 Å². The van der Waals surface area contributed by atoms with Crippen LogP contribution < -0.4 is 10.3 Å². The zero-order valence-electron chi connectivity index (χ0n) is 20.4. The molecule has 2 unspecified atom stereocenters. The van der Waals surface area contributed by atoms with Crippen LogP contribution in [0.25, 0.3) is 22.2 Å². The van der Waals surface area contributed by atoms with Crippen LogP contribution in [0.2, 0.25) is 0 Å². The van der Waals surface area contributed by atoms with Gasteiger partial charge >= 0.3 is 0 Å². The maximum absolute atomic E-state index is 13.2. The van der Waals surface area contributed by atoms with Crippen molar-refractivity contribution < 1.29 is 9.53 Å². The molecule has 0 aromatic carbocycles. The van der Waals surface area contributed by atoms with Gasteiger partial charge in [0.15, 0.2) is 0 Å². The van der Waals surface area contributed by atoms with E-state index in [4.69, 9.17) is 9.72 Å². The number of aromatic amines is 1. The standard InChI is InChI=1S/C26H33N5O3/c1-5-17-11-19(17)14-31-15-21(20-10-16(2)28-24(20)26(31)33)23-22(34-4)12-18(13-27-23)25(32)30-8-6-29(3)7-9-30/h10,12-13,15,17,19,28H,5-9,11,14H2,1-4H3. The summed E-state index contributed by atoms with van der Waals surface area (Å²) in [7, 11) is 3.66. The van der Waals surface area contributed by atoms with Crippen LogP contribution in [0.15, 0.2) is 29.3 Å². The van der Waals surface area contributed by atoms with Gasteiger partial charge in [-0.3, -0.25) is 14.6 Å². The lowest BCUT2D eigenvalue weighted by atomic mass is 10.1. The molecule has 2 atom stereocenters. The Labute approximate surface area is 199 Å². The topological polar surface area (TPSA) is 83.5 Å². The fourth-order valence-electron chi connectivity index (χ4n) is 5.12. The number of likely N-dealkylation sites (N-methyl/N-ethyl adjacent to an activating group) is 1. The van der Waals surface area contributed by atoms with E-state index in [-0.39, 0.29) is 11.5 Å². The van der Waals surface area contributed by atoms with Gasteiger partial charge in [0.1, 0.15) is 17.0 Å². The molecule has 2 aliphatic rings. The first kappa shape index (κ1) is 22.7. The molecule has 1 aliphatic carbocycles. The largest absolute Gasteiger partial charge is 0.494 e. The number of nitrogens with zero attached hydrogens (tertiary/aromatic N) is 4. The van der Waals surface area contributed by atoms with E-state index < -0.39 is 0 Å². The van der Waals surface area contributed by atoms with Gasteiger partial charge in [-0.2, -0.15) is 0 Å². The number of rotatable bonds is 6. The molecule has 180 valence electrons. The van der Waals surface area contributed by atoms with Crippen LogP contribution >= 0.6 is 0 Å². The summed E-state index contributed by atoms with van der Waals surface area (Å²) in [6.45, 7) is 7.99. The highest BCUT2D eigenvalue weighted by atomic mass is 16.5. The molecule has 1 aliphatic heterocycles. The maximum atomic E-state index is 13.2. The molecule has 8 nitrogen and oxygen atoms in total. The normalized spacial score (nSPS) is 20.6. The average molecular weight is 464 g/mol. The summed E-state index contributed by atoms with van der Waals surface area (Å²) in [5.74, 6) is 1.74. The number of carbonyl (C=O) groups is 1. The second-order valence-electron chi connectivity index (χ2n) is 9.78. The highest BCUT2D eigenvalue weighted by molar-refractivity contribution is 5.98.